The van der Waals surface area contributed by atoms with Crippen molar-refractivity contribution in [3.8, 4) is 5.75 Å². The van der Waals surface area contributed by atoms with Crippen LogP contribution in [0, 0.1) is 10.1 Å². The molecule has 0 aliphatic carbocycles. The molecule has 0 N–H and O–H groups in total. The van der Waals surface area contributed by atoms with Crippen molar-refractivity contribution >= 4 is 11.6 Å². The van der Waals surface area contributed by atoms with Crippen LogP contribution in [0.2, 0.25) is 0 Å². The van der Waals surface area contributed by atoms with E-state index in [0.717, 1.165) is 0 Å². The number of non-ortho nitro benzene ring substituents is 1. The third-order valence-corrected chi connectivity index (χ3v) is 4.69. The van der Waals surface area contributed by atoms with Crippen LogP contribution in [0.1, 0.15) is 22.2 Å². The van der Waals surface area contributed by atoms with Crippen molar-refractivity contribution in [3.63, 3.8) is 0 Å². The highest BCUT2D eigenvalue weighted by Crippen LogP contribution is 2.30. The van der Waals surface area contributed by atoms with Gasteiger partial charge in [0.25, 0.3) is 11.6 Å². The molecule has 0 spiro atoms. The van der Waals surface area contributed by atoms with Gasteiger partial charge in [0.15, 0.2) is 0 Å². The summed E-state index contributed by atoms with van der Waals surface area (Å²) in [6.07, 6.45) is -1.50. The van der Waals surface area contributed by atoms with Crippen molar-refractivity contribution < 1.29 is 24.0 Å². The zero-order chi connectivity index (χ0) is 21.6. The van der Waals surface area contributed by atoms with Crippen LogP contribution < -0.4 is 4.74 Å². The minimum Gasteiger partial charge on any atom is -0.491 e. The van der Waals surface area contributed by atoms with Gasteiger partial charge in [-0.3, -0.25) is 14.9 Å². The van der Waals surface area contributed by atoms with Crippen LogP contribution in [-0.2, 0) is 9.57 Å². The zero-order valence-electron chi connectivity index (χ0n) is 16.5. The third-order valence-electron chi connectivity index (χ3n) is 4.69. The van der Waals surface area contributed by atoms with E-state index in [9.17, 15) is 14.9 Å². The molecule has 2 atom stereocenters. The number of hydroxylamine groups is 2. The topological polar surface area (TPSA) is 91.1 Å². The molecular weight excluding hydrogens is 400 g/mol. The lowest BCUT2D eigenvalue weighted by molar-refractivity contribution is -0.385. The molecule has 8 nitrogen and oxygen atoms in total. The summed E-state index contributed by atoms with van der Waals surface area (Å²) in [5.41, 5.74) is 0.808. The van der Waals surface area contributed by atoms with Gasteiger partial charge in [-0.05, 0) is 24.3 Å². The molecular formula is C23H20N2O6. The Balaban J connectivity index is 1.56. The van der Waals surface area contributed by atoms with Gasteiger partial charge in [-0.1, -0.05) is 48.5 Å². The third kappa shape index (κ3) is 5.06. The first-order valence-electron chi connectivity index (χ1n) is 9.71. The van der Waals surface area contributed by atoms with Crippen LogP contribution in [0.5, 0.6) is 5.75 Å². The number of nitrogens with zero attached hydrogens (tertiary/aromatic N) is 2. The summed E-state index contributed by atoms with van der Waals surface area (Å²) in [5.74, 6) is 0.342. The van der Waals surface area contributed by atoms with Gasteiger partial charge >= 0.3 is 0 Å². The molecule has 0 radical (unpaired) electrons. The van der Waals surface area contributed by atoms with Crippen molar-refractivity contribution in [1.82, 2.24) is 5.06 Å². The molecule has 1 aliphatic heterocycles. The number of benzene rings is 3. The molecule has 1 fully saturated rings. The minimum absolute atomic E-state index is 0.0895. The number of para-hydroxylation sites is 1. The van der Waals surface area contributed by atoms with Gasteiger partial charge in [-0.15, -0.1) is 0 Å². The van der Waals surface area contributed by atoms with E-state index >= 15 is 0 Å². The molecule has 1 amide bonds. The predicted octanol–water partition coefficient (Wildman–Crippen LogP) is 4.15. The van der Waals surface area contributed by atoms with Gasteiger partial charge in [0.2, 0.25) is 6.29 Å². The van der Waals surface area contributed by atoms with Crippen LogP contribution in [0.3, 0.4) is 0 Å². The molecule has 8 heteroatoms. The maximum atomic E-state index is 13.0. The van der Waals surface area contributed by atoms with Gasteiger partial charge < -0.3 is 9.47 Å². The Hall–Kier alpha value is -3.75. The summed E-state index contributed by atoms with van der Waals surface area (Å²) in [4.78, 5) is 29.4. The van der Waals surface area contributed by atoms with Crippen LogP contribution >= 0.6 is 0 Å². The standard InChI is InChI=1S/C23H20N2O6/c26-22(17-8-3-1-4-9-17)24-15-21(16-29-20-12-5-2-6-13-20)30-23(31-24)18-10-7-11-19(14-18)25(27)28/h1-14,21,23H,15-16H2/t21-,23+/m0/s1. The van der Waals surface area contributed by atoms with Crippen molar-refractivity contribution in [1.29, 1.82) is 0 Å². The van der Waals surface area contributed by atoms with Gasteiger partial charge in [0.1, 0.15) is 18.5 Å². The predicted molar refractivity (Wildman–Crippen MR) is 111 cm³/mol. The molecule has 0 unspecified atom stereocenters. The average Bonchev–Trinajstić information content (AvgIpc) is 2.83. The summed E-state index contributed by atoms with van der Waals surface area (Å²) in [7, 11) is 0. The zero-order valence-corrected chi connectivity index (χ0v) is 16.5. The van der Waals surface area contributed by atoms with Gasteiger partial charge in [0, 0.05) is 23.3 Å². The van der Waals surface area contributed by atoms with Gasteiger partial charge in [-0.2, -0.15) is 0 Å². The van der Waals surface area contributed by atoms with Crippen LogP contribution in [0.4, 0.5) is 5.69 Å². The monoisotopic (exact) mass is 420 g/mol. The Morgan fingerprint density at radius 2 is 1.74 bits per heavy atom. The number of ether oxygens (including phenoxy) is 2. The fourth-order valence-electron chi connectivity index (χ4n) is 3.16. The molecule has 4 rings (SSSR count). The molecule has 0 aromatic heterocycles. The number of hydrogen-bond donors (Lipinski definition) is 0. The number of hydrogen-bond acceptors (Lipinski definition) is 6. The van der Waals surface area contributed by atoms with Crippen molar-refractivity contribution in [2.45, 2.75) is 12.4 Å². The maximum Gasteiger partial charge on any atom is 0.277 e. The Labute approximate surface area is 178 Å². The molecule has 3 aromatic rings. The molecule has 1 heterocycles. The summed E-state index contributed by atoms with van der Waals surface area (Å²) in [6.45, 7) is 0.323. The second kappa shape index (κ2) is 9.38. The summed E-state index contributed by atoms with van der Waals surface area (Å²) >= 11 is 0. The average molecular weight is 420 g/mol. The Morgan fingerprint density at radius 1 is 1.03 bits per heavy atom. The van der Waals surface area contributed by atoms with E-state index in [0.29, 0.717) is 16.9 Å². The Bertz CT molecular complexity index is 1040. The highest BCUT2D eigenvalue weighted by Gasteiger charge is 2.34. The lowest BCUT2D eigenvalue weighted by Gasteiger charge is -2.37. The first kappa shape index (κ1) is 20.5. The highest BCUT2D eigenvalue weighted by molar-refractivity contribution is 5.93. The first-order valence-corrected chi connectivity index (χ1v) is 9.71. The van der Waals surface area contributed by atoms with Crippen LogP contribution in [-0.4, -0.2) is 35.1 Å². The smallest absolute Gasteiger partial charge is 0.277 e. The van der Waals surface area contributed by atoms with Crippen molar-refractivity contribution in [2.75, 3.05) is 13.2 Å². The fourth-order valence-corrected chi connectivity index (χ4v) is 3.16. The highest BCUT2D eigenvalue weighted by atomic mass is 16.8. The second-order valence-corrected chi connectivity index (χ2v) is 6.90. The molecule has 0 saturated carbocycles. The molecule has 0 bridgehead atoms. The van der Waals surface area contributed by atoms with Crippen LogP contribution in [0.25, 0.3) is 0 Å². The van der Waals surface area contributed by atoms with E-state index in [4.69, 9.17) is 14.3 Å². The summed E-state index contributed by atoms with van der Waals surface area (Å²) in [6, 6.07) is 23.9. The van der Waals surface area contributed by atoms with Gasteiger partial charge in [0.05, 0.1) is 11.5 Å². The van der Waals surface area contributed by atoms with E-state index in [1.165, 1.54) is 17.2 Å². The Kier molecular flexibility index (Phi) is 6.21. The number of nitro benzene ring substituents is 1. The molecule has 158 valence electrons. The molecule has 1 saturated heterocycles. The number of amides is 1. The number of carbonyl (C=O) groups is 1. The quantitative estimate of drug-likeness (QED) is 0.440. The van der Waals surface area contributed by atoms with E-state index in [1.54, 1.807) is 36.4 Å². The lowest BCUT2D eigenvalue weighted by atomic mass is 10.1. The number of nitro groups is 1. The van der Waals surface area contributed by atoms with Crippen LogP contribution in [0.15, 0.2) is 84.9 Å². The van der Waals surface area contributed by atoms with E-state index in [2.05, 4.69) is 0 Å². The number of rotatable bonds is 6. The Morgan fingerprint density at radius 3 is 2.45 bits per heavy atom. The first-order chi connectivity index (χ1) is 15.1. The maximum absolute atomic E-state index is 13.0. The summed E-state index contributed by atoms with van der Waals surface area (Å²) < 4.78 is 11.8. The van der Waals surface area contributed by atoms with E-state index in [-0.39, 0.29) is 24.7 Å². The summed E-state index contributed by atoms with van der Waals surface area (Å²) in [5, 5.41) is 12.4. The molecule has 1 aliphatic rings. The van der Waals surface area contributed by atoms with E-state index < -0.39 is 17.3 Å². The second-order valence-electron chi connectivity index (χ2n) is 6.90. The molecule has 31 heavy (non-hydrogen) atoms. The minimum atomic E-state index is -0.995. The van der Waals surface area contributed by atoms with Gasteiger partial charge in [-0.25, -0.2) is 9.90 Å². The fraction of sp³-hybridized carbons (Fsp3) is 0.174. The van der Waals surface area contributed by atoms with Crippen molar-refractivity contribution in [2.24, 2.45) is 0 Å². The lowest BCUT2D eigenvalue weighted by Crippen LogP contribution is -2.47. The van der Waals surface area contributed by atoms with E-state index in [1.807, 2.05) is 36.4 Å². The number of carbonyl (C=O) groups excluding carboxylic acids is 1. The normalized spacial score (nSPS) is 18.4. The molecule has 3 aromatic carbocycles. The van der Waals surface area contributed by atoms with Crippen molar-refractivity contribution in [3.05, 3.63) is 106 Å². The SMILES string of the molecule is O=C(c1ccccc1)N1C[C@@H](COc2ccccc2)O[C@@H](c2cccc([N+](=O)[O-])c2)O1. The largest absolute Gasteiger partial charge is 0.491 e.